The van der Waals surface area contributed by atoms with Crippen molar-refractivity contribution in [2.24, 2.45) is 0 Å². The van der Waals surface area contributed by atoms with Gasteiger partial charge in [-0.15, -0.1) is 0 Å². The molecule has 0 saturated heterocycles. The van der Waals surface area contributed by atoms with Gasteiger partial charge in [0.05, 0.1) is 0 Å². The van der Waals surface area contributed by atoms with Gasteiger partial charge in [-0.1, -0.05) is 6.07 Å². The van der Waals surface area contributed by atoms with Crippen LogP contribution < -0.4 is 5.32 Å². The van der Waals surface area contributed by atoms with Crippen molar-refractivity contribution in [3.05, 3.63) is 33.4 Å². The van der Waals surface area contributed by atoms with Crippen LogP contribution in [0, 0.1) is 3.57 Å². The number of carbonyl (C=O) groups excluding carboxylic acids is 1. The van der Waals surface area contributed by atoms with E-state index in [4.69, 9.17) is 0 Å². The molecule has 0 unspecified atom stereocenters. The van der Waals surface area contributed by atoms with E-state index >= 15 is 0 Å². The zero-order valence-corrected chi connectivity index (χ0v) is 12.1. The monoisotopic (exact) mass is 344 g/mol. The lowest BCUT2D eigenvalue weighted by Crippen LogP contribution is -2.33. The van der Waals surface area contributed by atoms with Gasteiger partial charge < -0.3 is 10.2 Å². The highest BCUT2D eigenvalue weighted by atomic mass is 127. The Hall–Kier alpha value is -0.620. The first-order valence-electron chi connectivity index (χ1n) is 5.91. The summed E-state index contributed by atoms with van der Waals surface area (Å²) in [6.07, 6.45) is 2.61. The van der Waals surface area contributed by atoms with Gasteiger partial charge in [-0.3, -0.25) is 4.79 Å². The summed E-state index contributed by atoms with van der Waals surface area (Å²) in [5.41, 5.74) is 0.742. The van der Waals surface area contributed by atoms with Gasteiger partial charge in [-0.05, 0) is 60.7 Å². The van der Waals surface area contributed by atoms with E-state index in [0.29, 0.717) is 0 Å². The molecule has 0 aliphatic heterocycles. The summed E-state index contributed by atoms with van der Waals surface area (Å²) in [6, 6.07) is 8.40. The number of halogens is 1. The summed E-state index contributed by atoms with van der Waals surface area (Å²) in [5, 5.41) is 2.96. The Labute approximate surface area is 116 Å². The van der Waals surface area contributed by atoms with Gasteiger partial charge >= 0.3 is 0 Å². The van der Waals surface area contributed by atoms with Crippen LogP contribution in [0.5, 0.6) is 0 Å². The third-order valence-electron chi connectivity index (χ3n) is 3.01. The number of nitrogens with one attached hydrogen (secondary N) is 1. The van der Waals surface area contributed by atoms with Gasteiger partial charge in [-0.2, -0.15) is 0 Å². The maximum atomic E-state index is 11.8. The van der Waals surface area contributed by atoms with Crippen molar-refractivity contribution in [3.63, 3.8) is 0 Å². The molecule has 1 aromatic carbocycles. The standard InChI is InChI=1S/C13H17IN2O/c1-16(12-5-6-12)8-7-15-13(17)10-3-2-4-11(14)9-10/h2-4,9,12H,5-8H2,1H3,(H,15,17). The Morgan fingerprint density at radius 3 is 2.94 bits per heavy atom. The molecule has 0 aromatic heterocycles. The second-order valence-corrected chi connectivity index (χ2v) is 5.72. The number of nitrogens with zero attached hydrogens (tertiary/aromatic N) is 1. The minimum absolute atomic E-state index is 0.0210. The van der Waals surface area contributed by atoms with Crippen LogP contribution in [0.1, 0.15) is 23.2 Å². The van der Waals surface area contributed by atoms with E-state index in [0.717, 1.165) is 28.3 Å². The summed E-state index contributed by atoms with van der Waals surface area (Å²) in [7, 11) is 2.12. The van der Waals surface area contributed by atoms with Crippen molar-refractivity contribution in [1.29, 1.82) is 0 Å². The van der Waals surface area contributed by atoms with Crippen LogP contribution in [0.2, 0.25) is 0 Å². The van der Waals surface area contributed by atoms with Crippen molar-refractivity contribution >= 4 is 28.5 Å². The summed E-state index contributed by atoms with van der Waals surface area (Å²) >= 11 is 2.22. The molecule has 1 aliphatic carbocycles. The Kier molecular flexibility index (Phi) is 4.39. The molecule has 1 aliphatic rings. The van der Waals surface area contributed by atoms with Crippen LogP contribution in [0.4, 0.5) is 0 Å². The van der Waals surface area contributed by atoms with Gasteiger partial charge in [-0.25, -0.2) is 0 Å². The van der Waals surface area contributed by atoms with Crippen LogP contribution >= 0.6 is 22.6 Å². The number of likely N-dealkylation sites (N-methyl/N-ethyl adjacent to an activating group) is 1. The van der Waals surface area contributed by atoms with Crippen LogP contribution in [0.15, 0.2) is 24.3 Å². The number of hydrogen-bond donors (Lipinski definition) is 1. The number of rotatable bonds is 5. The summed E-state index contributed by atoms with van der Waals surface area (Å²) in [4.78, 5) is 14.1. The SMILES string of the molecule is CN(CCNC(=O)c1cccc(I)c1)C1CC1. The second-order valence-electron chi connectivity index (χ2n) is 4.48. The van der Waals surface area contributed by atoms with E-state index < -0.39 is 0 Å². The van der Waals surface area contributed by atoms with Gasteiger partial charge in [0, 0.05) is 28.3 Å². The van der Waals surface area contributed by atoms with Gasteiger partial charge in [0.25, 0.3) is 5.91 Å². The molecule has 4 heteroatoms. The molecule has 0 bridgehead atoms. The maximum Gasteiger partial charge on any atom is 0.251 e. The first-order valence-corrected chi connectivity index (χ1v) is 6.98. The molecule has 0 heterocycles. The highest BCUT2D eigenvalue weighted by Gasteiger charge is 2.25. The van der Waals surface area contributed by atoms with E-state index in [1.165, 1.54) is 12.8 Å². The molecule has 2 rings (SSSR count). The van der Waals surface area contributed by atoms with Crippen molar-refractivity contribution < 1.29 is 4.79 Å². The topological polar surface area (TPSA) is 32.3 Å². The molecule has 0 radical (unpaired) electrons. The molecule has 1 fully saturated rings. The zero-order chi connectivity index (χ0) is 12.3. The van der Waals surface area contributed by atoms with Crippen LogP contribution in [-0.2, 0) is 0 Å². The van der Waals surface area contributed by atoms with Gasteiger partial charge in [0.15, 0.2) is 0 Å². The normalized spacial score (nSPS) is 15.0. The number of benzene rings is 1. The zero-order valence-electron chi connectivity index (χ0n) is 9.95. The average Bonchev–Trinajstić information content (AvgIpc) is 3.12. The summed E-state index contributed by atoms with van der Waals surface area (Å²) in [5.74, 6) is 0.0210. The Morgan fingerprint density at radius 2 is 2.29 bits per heavy atom. The van der Waals surface area contributed by atoms with E-state index in [2.05, 4.69) is 39.9 Å². The van der Waals surface area contributed by atoms with Crippen LogP contribution in [-0.4, -0.2) is 37.0 Å². The Bertz CT molecular complexity index is 404. The number of amides is 1. The molecule has 92 valence electrons. The molecule has 1 amide bonds. The second kappa shape index (κ2) is 5.82. The highest BCUT2D eigenvalue weighted by Crippen LogP contribution is 2.24. The van der Waals surface area contributed by atoms with Crippen molar-refractivity contribution in [3.8, 4) is 0 Å². The smallest absolute Gasteiger partial charge is 0.251 e. The third-order valence-corrected chi connectivity index (χ3v) is 3.68. The first kappa shape index (κ1) is 12.8. The van der Waals surface area contributed by atoms with Gasteiger partial charge in [0.1, 0.15) is 0 Å². The van der Waals surface area contributed by atoms with Crippen molar-refractivity contribution in [2.75, 3.05) is 20.1 Å². The molecular weight excluding hydrogens is 327 g/mol. The molecule has 1 N–H and O–H groups in total. The molecule has 17 heavy (non-hydrogen) atoms. The maximum absolute atomic E-state index is 11.8. The molecule has 3 nitrogen and oxygen atoms in total. The molecule has 1 saturated carbocycles. The molecule has 0 spiro atoms. The lowest BCUT2D eigenvalue weighted by molar-refractivity contribution is 0.0949. The van der Waals surface area contributed by atoms with Crippen LogP contribution in [0.25, 0.3) is 0 Å². The third kappa shape index (κ3) is 3.96. The number of carbonyl (C=O) groups is 1. The van der Waals surface area contributed by atoms with Crippen LogP contribution in [0.3, 0.4) is 0 Å². The van der Waals surface area contributed by atoms with Crippen molar-refractivity contribution in [1.82, 2.24) is 10.2 Å². The van der Waals surface area contributed by atoms with Gasteiger partial charge in [0.2, 0.25) is 0 Å². The lowest BCUT2D eigenvalue weighted by Gasteiger charge is -2.15. The fourth-order valence-corrected chi connectivity index (χ4v) is 2.32. The highest BCUT2D eigenvalue weighted by molar-refractivity contribution is 14.1. The Morgan fingerprint density at radius 1 is 1.53 bits per heavy atom. The lowest BCUT2D eigenvalue weighted by atomic mass is 10.2. The molecular formula is C13H17IN2O. The fraction of sp³-hybridized carbons (Fsp3) is 0.462. The quantitative estimate of drug-likeness (QED) is 0.830. The van der Waals surface area contributed by atoms with E-state index in [9.17, 15) is 4.79 Å². The van der Waals surface area contributed by atoms with E-state index in [1.807, 2.05) is 24.3 Å². The summed E-state index contributed by atoms with van der Waals surface area (Å²) < 4.78 is 1.09. The van der Waals surface area contributed by atoms with Crippen molar-refractivity contribution in [2.45, 2.75) is 18.9 Å². The minimum atomic E-state index is 0.0210. The molecule has 0 atom stereocenters. The average molecular weight is 344 g/mol. The predicted molar refractivity (Wildman–Crippen MR) is 77.1 cm³/mol. The molecule has 1 aromatic rings. The minimum Gasteiger partial charge on any atom is -0.351 e. The van der Waals surface area contributed by atoms with E-state index in [-0.39, 0.29) is 5.91 Å². The number of hydrogen-bond acceptors (Lipinski definition) is 2. The largest absolute Gasteiger partial charge is 0.351 e. The predicted octanol–water partition coefficient (Wildman–Crippen LogP) is 2.12. The van der Waals surface area contributed by atoms with E-state index in [1.54, 1.807) is 0 Å². The Balaban J connectivity index is 1.76. The fourth-order valence-electron chi connectivity index (χ4n) is 1.78. The summed E-state index contributed by atoms with van der Waals surface area (Å²) in [6.45, 7) is 1.65. The first-order chi connectivity index (χ1) is 8.16.